The fourth-order valence-corrected chi connectivity index (χ4v) is 2.11. The Balaban J connectivity index is 2.31. The van der Waals surface area contributed by atoms with Crippen LogP contribution in [-0.4, -0.2) is 27.1 Å². The number of carboxylic acids is 1. The average Bonchev–Trinajstić information content (AvgIpc) is 2.72. The van der Waals surface area contributed by atoms with Crippen molar-refractivity contribution in [3.05, 3.63) is 46.1 Å². The van der Waals surface area contributed by atoms with Crippen LogP contribution in [0.1, 0.15) is 21.6 Å². The maximum atomic E-state index is 11.1. The van der Waals surface area contributed by atoms with E-state index in [-0.39, 0.29) is 0 Å². The summed E-state index contributed by atoms with van der Waals surface area (Å²) in [6.45, 7) is 1.71. The van der Waals surface area contributed by atoms with Crippen LogP contribution in [0.5, 0.6) is 11.6 Å². The van der Waals surface area contributed by atoms with Crippen molar-refractivity contribution in [1.82, 2.24) is 9.78 Å². The van der Waals surface area contributed by atoms with Crippen molar-refractivity contribution in [3.8, 4) is 11.6 Å². The predicted octanol–water partition coefficient (Wildman–Crippen LogP) is 3.08. The Morgan fingerprint density at radius 1 is 1.45 bits per heavy atom. The number of carboxylic acid groups (broad SMARTS) is 1. The third-order valence-electron chi connectivity index (χ3n) is 2.91. The molecule has 1 aromatic carbocycles. The van der Waals surface area contributed by atoms with Gasteiger partial charge in [0.05, 0.1) is 16.3 Å². The van der Waals surface area contributed by atoms with Crippen molar-refractivity contribution in [2.75, 3.05) is 0 Å². The molecule has 6 nitrogen and oxygen atoms in total. The highest BCUT2D eigenvalue weighted by atomic mass is 35.5. The van der Waals surface area contributed by atoms with Crippen molar-refractivity contribution in [2.45, 2.75) is 6.92 Å². The third kappa shape index (κ3) is 3.35. The lowest BCUT2D eigenvalue weighted by molar-refractivity contribution is -0.131. The number of nitrogens with zero attached hydrogens (tertiary/aromatic N) is 2. The van der Waals surface area contributed by atoms with Crippen molar-refractivity contribution < 1.29 is 19.4 Å². The van der Waals surface area contributed by atoms with Crippen LogP contribution < -0.4 is 4.74 Å². The molecule has 0 aliphatic rings. The predicted molar refractivity (Wildman–Crippen MR) is 81.5 cm³/mol. The fourth-order valence-electron chi connectivity index (χ4n) is 1.89. The van der Waals surface area contributed by atoms with Crippen LogP contribution in [-0.2, 0) is 11.8 Å². The summed E-state index contributed by atoms with van der Waals surface area (Å²) in [5.41, 5.74) is 1.54. The second kappa shape index (κ2) is 6.44. The standard InChI is InChI=1S/C15H13ClN2O4/c1-9-11(8-19)15(18(2)17-9)22-13-5-3-10(7-12(13)16)4-6-14(20)21/h3-8H,1-2H3,(H,20,21)/b6-4+. The number of carbonyl (C=O) groups excluding carboxylic acids is 1. The van der Waals surface area contributed by atoms with E-state index < -0.39 is 5.97 Å². The molecule has 0 atom stereocenters. The highest BCUT2D eigenvalue weighted by molar-refractivity contribution is 6.32. The van der Waals surface area contributed by atoms with Gasteiger partial charge in [-0.3, -0.25) is 4.79 Å². The van der Waals surface area contributed by atoms with E-state index in [1.165, 1.54) is 10.8 Å². The summed E-state index contributed by atoms with van der Waals surface area (Å²) in [5, 5.41) is 13.0. The number of hydrogen-bond acceptors (Lipinski definition) is 4. The van der Waals surface area contributed by atoms with Crippen LogP contribution in [0.25, 0.3) is 6.08 Å². The molecule has 114 valence electrons. The van der Waals surface area contributed by atoms with Crippen molar-refractivity contribution in [2.24, 2.45) is 7.05 Å². The van der Waals surface area contributed by atoms with E-state index in [4.69, 9.17) is 21.4 Å². The number of aliphatic carboxylic acids is 1. The Hall–Kier alpha value is -2.60. The second-order valence-corrected chi connectivity index (χ2v) is 4.92. The minimum atomic E-state index is -1.04. The number of hydrogen-bond donors (Lipinski definition) is 1. The molecule has 2 rings (SSSR count). The molecule has 0 aliphatic carbocycles. The first kappa shape index (κ1) is 15.8. The fraction of sp³-hybridized carbons (Fsp3) is 0.133. The summed E-state index contributed by atoms with van der Waals surface area (Å²) in [7, 11) is 1.66. The maximum Gasteiger partial charge on any atom is 0.328 e. The van der Waals surface area contributed by atoms with E-state index in [2.05, 4.69) is 5.10 Å². The number of benzene rings is 1. The second-order valence-electron chi connectivity index (χ2n) is 4.51. The van der Waals surface area contributed by atoms with Gasteiger partial charge in [0.15, 0.2) is 6.29 Å². The molecule has 1 aromatic heterocycles. The number of aldehydes is 1. The molecule has 0 spiro atoms. The monoisotopic (exact) mass is 320 g/mol. The van der Waals surface area contributed by atoms with Gasteiger partial charge in [-0.05, 0) is 30.7 Å². The van der Waals surface area contributed by atoms with Crippen LogP contribution >= 0.6 is 11.6 Å². The molecule has 0 bridgehead atoms. The first-order valence-corrected chi connectivity index (χ1v) is 6.67. The normalized spacial score (nSPS) is 10.9. The summed E-state index contributed by atoms with van der Waals surface area (Å²) in [4.78, 5) is 21.6. The number of aryl methyl sites for hydroxylation is 2. The van der Waals surface area contributed by atoms with Crippen molar-refractivity contribution in [1.29, 1.82) is 0 Å². The number of carbonyl (C=O) groups is 2. The Labute approximate surface area is 131 Å². The molecule has 22 heavy (non-hydrogen) atoms. The molecule has 2 aromatic rings. The van der Waals surface area contributed by atoms with Crippen molar-refractivity contribution >= 4 is 29.9 Å². The van der Waals surface area contributed by atoms with Crippen molar-refractivity contribution in [3.63, 3.8) is 0 Å². The number of halogens is 1. The largest absolute Gasteiger partial charge is 0.478 e. The minimum absolute atomic E-state index is 0.295. The lowest BCUT2D eigenvalue weighted by atomic mass is 10.2. The van der Waals surface area contributed by atoms with E-state index in [0.717, 1.165) is 6.08 Å². The first-order chi connectivity index (χ1) is 10.4. The zero-order valence-corrected chi connectivity index (χ0v) is 12.7. The molecular formula is C15H13ClN2O4. The van der Waals surface area contributed by atoms with Gasteiger partial charge in [0.25, 0.3) is 0 Å². The average molecular weight is 321 g/mol. The van der Waals surface area contributed by atoms with Gasteiger partial charge >= 0.3 is 5.97 Å². The van der Waals surface area contributed by atoms with Gasteiger partial charge < -0.3 is 9.84 Å². The molecule has 7 heteroatoms. The number of rotatable bonds is 5. The molecule has 0 unspecified atom stereocenters. The Kier molecular flexibility index (Phi) is 4.62. The lowest BCUT2D eigenvalue weighted by Gasteiger charge is -2.09. The van der Waals surface area contributed by atoms with Crippen LogP contribution in [0.15, 0.2) is 24.3 Å². The topological polar surface area (TPSA) is 81.4 Å². The van der Waals surface area contributed by atoms with Crippen LogP contribution in [0.2, 0.25) is 5.02 Å². The molecule has 0 fully saturated rings. The first-order valence-electron chi connectivity index (χ1n) is 6.29. The quantitative estimate of drug-likeness (QED) is 0.676. The van der Waals surface area contributed by atoms with Gasteiger partial charge in [-0.1, -0.05) is 17.7 Å². The lowest BCUT2D eigenvalue weighted by Crippen LogP contribution is -1.97. The summed E-state index contributed by atoms with van der Waals surface area (Å²) < 4.78 is 7.11. The van der Waals surface area contributed by atoms with Crippen LogP contribution in [0.4, 0.5) is 0 Å². The molecule has 0 saturated carbocycles. The van der Waals surface area contributed by atoms with Crippen LogP contribution in [0, 0.1) is 6.92 Å². The molecule has 0 saturated heterocycles. The van der Waals surface area contributed by atoms with E-state index in [9.17, 15) is 9.59 Å². The van der Waals surface area contributed by atoms with Gasteiger partial charge in [0.2, 0.25) is 5.88 Å². The highest BCUT2D eigenvalue weighted by Gasteiger charge is 2.16. The summed E-state index contributed by atoms with van der Waals surface area (Å²) in [6, 6.07) is 4.82. The SMILES string of the molecule is Cc1nn(C)c(Oc2ccc(/C=C/C(=O)O)cc2Cl)c1C=O. The van der Waals surface area contributed by atoms with E-state index in [1.807, 2.05) is 0 Å². The maximum absolute atomic E-state index is 11.1. The minimum Gasteiger partial charge on any atom is -0.478 e. The highest BCUT2D eigenvalue weighted by Crippen LogP contribution is 2.32. The Bertz CT molecular complexity index is 765. The Morgan fingerprint density at radius 3 is 2.77 bits per heavy atom. The number of aromatic nitrogens is 2. The molecule has 0 radical (unpaired) electrons. The van der Waals surface area contributed by atoms with Gasteiger partial charge in [0, 0.05) is 13.1 Å². The van der Waals surface area contributed by atoms with E-state index in [0.29, 0.717) is 39.8 Å². The van der Waals surface area contributed by atoms with Crippen LogP contribution in [0.3, 0.4) is 0 Å². The molecular weight excluding hydrogens is 308 g/mol. The van der Waals surface area contributed by atoms with E-state index >= 15 is 0 Å². The summed E-state index contributed by atoms with van der Waals surface area (Å²) in [5.74, 6) is -0.402. The van der Waals surface area contributed by atoms with Gasteiger partial charge in [-0.25, -0.2) is 9.48 Å². The zero-order chi connectivity index (χ0) is 16.3. The zero-order valence-electron chi connectivity index (χ0n) is 11.9. The Morgan fingerprint density at radius 2 is 2.18 bits per heavy atom. The van der Waals surface area contributed by atoms with Gasteiger partial charge in [-0.2, -0.15) is 5.10 Å². The third-order valence-corrected chi connectivity index (χ3v) is 3.21. The molecule has 0 aliphatic heterocycles. The van der Waals surface area contributed by atoms with Gasteiger partial charge in [-0.15, -0.1) is 0 Å². The molecule has 0 amide bonds. The smallest absolute Gasteiger partial charge is 0.328 e. The number of ether oxygens (including phenoxy) is 1. The van der Waals surface area contributed by atoms with E-state index in [1.54, 1.807) is 32.2 Å². The molecule has 1 heterocycles. The molecule has 1 N–H and O–H groups in total. The summed E-state index contributed by atoms with van der Waals surface area (Å²) >= 11 is 6.12. The summed E-state index contributed by atoms with van der Waals surface area (Å²) in [6.07, 6.45) is 3.11. The van der Waals surface area contributed by atoms with Gasteiger partial charge in [0.1, 0.15) is 5.75 Å².